The van der Waals surface area contributed by atoms with Crippen molar-refractivity contribution in [2.24, 2.45) is 5.92 Å². The molecule has 0 aromatic heterocycles. The zero-order valence-corrected chi connectivity index (χ0v) is 6.84. The topological polar surface area (TPSA) is 3.24 Å². The second-order valence-electron chi connectivity index (χ2n) is 3.97. The Balaban J connectivity index is 1.78. The van der Waals surface area contributed by atoms with Crippen LogP contribution in [0.2, 0.25) is 0 Å². The van der Waals surface area contributed by atoms with E-state index in [1.807, 2.05) is 0 Å². The number of hydrogen-bond acceptors (Lipinski definition) is 1. The lowest BCUT2D eigenvalue weighted by Gasteiger charge is -2.39. The van der Waals surface area contributed by atoms with Gasteiger partial charge in [0.2, 0.25) is 0 Å². The fourth-order valence-corrected chi connectivity index (χ4v) is 2.26. The van der Waals surface area contributed by atoms with Gasteiger partial charge in [0.25, 0.3) is 0 Å². The average molecular weight is 139 g/mol. The highest BCUT2D eigenvalue weighted by Gasteiger charge is 2.31. The molecule has 0 aromatic carbocycles. The molecule has 0 radical (unpaired) electrons. The van der Waals surface area contributed by atoms with Crippen molar-refractivity contribution < 1.29 is 0 Å². The van der Waals surface area contributed by atoms with Gasteiger partial charge < -0.3 is 4.90 Å². The Kier molecular flexibility index (Phi) is 1.69. The summed E-state index contributed by atoms with van der Waals surface area (Å²) in [7, 11) is 0. The molecule has 0 atom stereocenters. The summed E-state index contributed by atoms with van der Waals surface area (Å²) in [6, 6.07) is 0.984. The van der Waals surface area contributed by atoms with Crippen LogP contribution in [-0.2, 0) is 0 Å². The Morgan fingerprint density at radius 3 is 2.20 bits per heavy atom. The van der Waals surface area contributed by atoms with Crippen molar-refractivity contribution in [2.75, 3.05) is 13.1 Å². The van der Waals surface area contributed by atoms with Crippen LogP contribution in [0.15, 0.2) is 0 Å². The Bertz CT molecular complexity index is 110. The third-order valence-corrected chi connectivity index (χ3v) is 3.01. The van der Waals surface area contributed by atoms with Crippen LogP contribution in [0.3, 0.4) is 0 Å². The van der Waals surface area contributed by atoms with Gasteiger partial charge in [-0.3, -0.25) is 0 Å². The lowest BCUT2D eigenvalue weighted by atomic mass is 9.81. The standard InChI is InChI=1S/C9H17N/c1-8-6-9(7-8)10-4-2-3-5-10/h8-9H,2-7H2,1H3/t8-,9+. The average Bonchev–Trinajstić information content (AvgIpc) is 2.31. The van der Waals surface area contributed by atoms with E-state index in [2.05, 4.69) is 11.8 Å². The molecule has 1 saturated carbocycles. The van der Waals surface area contributed by atoms with Gasteiger partial charge in [-0.2, -0.15) is 0 Å². The van der Waals surface area contributed by atoms with Gasteiger partial charge in [0.1, 0.15) is 0 Å². The molecule has 1 aliphatic heterocycles. The maximum Gasteiger partial charge on any atom is 0.0100 e. The van der Waals surface area contributed by atoms with E-state index >= 15 is 0 Å². The van der Waals surface area contributed by atoms with E-state index in [1.165, 1.54) is 38.8 Å². The summed E-state index contributed by atoms with van der Waals surface area (Å²) >= 11 is 0. The molecule has 1 heterocycles. The van der Waals surface area contributed by atoms with Gasteiger partial charge in [0, 0.05) is 6.04 Å². The molecule has 0 aromatic rings. The van der Waals surface area contributed by atoms with E-state index in [1.54, 1.807) is 0 Å². The van der Waals surface area contributed by atoms with Gasteiger partial charge in [0.05, 0.1) is 0 Å². The minimum absolute atomic E-state index is 0.984. The van der Waals surface area contributed by atoms with Crippen LogP contribution < -0.4 is 0 Å². The fourth-order valence-electron chi connectivity index (χ4n) is 2.26. The molecule has 1 heteroatoms. The van der Waals surface area contributed by atoms with Gasteiger partial charge in [-0.15, -0.1) is 0 Å². The molecular formula is C9H17N. The van der Waals surface area contributed by atoms with E-state index in [4.69, 9.17) is 0 Å². The molecule has 2 rings (SSSR count). The van der Waals surface area contributed by atoms with Crippen LogP contribution in [-0.4, -0.2) is 24.0 Å². The van der Waals surface area contributed by atoms with Crippen molar-refractivity contribution in [3.8, 4) is 0 Å². The summed E-state index contributed by atoms with van der Waals surface area (Å²) in [6.45, 7) is 5.14. The normalized spacial score (nSPS) is 41.7. The summed E-state index contributed by atoms with van der Waals surface area (Å²) in [4.78, 5) is 2.68. The third kappa shape index (κ3) is 1.07. The van der Waals surface area contributed by atoms with Gasteiger partial charge in [-0.25, -0.2) is 0 Å². The van der Waals surface area contributed by atoms with E-state index < -0.39 is 0 Å². The largest absolute Gasteiger partial charge is 0.300 e. The first-order chi connectivity index (χ1) is 4.86. The highest BCUT2D eigenvalue weighted by molar-refractivity contribution is 4.86. The smallest absolute Gasteiger partial charge is 0.0100 e. The molecule has 2 fully saturated rings. The third-order valence-electron chi connectivity index (χ3n) is 3.01. The highest BCUT2D eigenvalue weighted by atomic mass is 15.2. The zero-order chi connectivity index (χ0) is 6.97. The van der Waals surface area contributed by atoms with Crippen LogP contribution in [0.1, 0.15) is 32.6 Å². The van der Waals surface area contributed by atoms with Crippen molar-refractivity contribution >= 4 is 0 Å². The van der Waals surface area contributed by atoms with E-state index in [0.717, 1.165) is 12.0 Å². The van der Waals surface area contributed by atoms with Gasteiger partial charge in [-0.1, -0.05) is 6.92 Å². The molecule has 58 valence electrons. The SMILES string of the molecule is C[C@H]1C[C@@H](N2CCCC2)C1. The first-order valence-corrected chi connectivity index (χ1v) is 4.60. The summed E-state index contributed by atoms with van der Waals surface area (Å²) in [5.41, 5.74) is 0. The van der Waals surface area contributed by atoms with Crippen LogP contribution in [0.5, 0.6) is 0 Å². The molecule has 0 spiro atoms. The molecule has 1 saturated heterocycles. The van der Waals surface area contributed by atoms with Crippen LogP contribution in [0, 0.1) is 5.92 Å². The second-order valence-corrected chi connectivity index (χ2v) is 3.97. The van der Waals surface area contributed by atoms with Crippen LogP contribution >= 0.6 is 0 Å². The fraction of sp³-hybridized carbons (Fsp3) is 1.00. The Morgan fingerprint density at radius 1 is 1.10 bits per heavy atom. The molecule has 1 aliphatic carbocycles. The summed E-state index contributed by atoms with van der Waals surface area (Å²) in [5, 5.41) is 0. The first kappa shape index (κ1) is 6.66. The molecule has 0 bridgehead atoms. The first-order valence-electron chi connectivity index (χ1n) is 4.60. The lowest BCUT2D eigenvalue weighted by molar-refractivity contribution is 0.110. The molecule has 10 heavy (non-hydrogen) atoms. The second kappa shape index (κ2) is 2.54. The summed E-state index contributed by atoms with van der Waals surface area (Å²) in [6.07, 6.45) is 5.84. The summed E-state index contributed by atoms with van der Waals surface area (Å²) < 4.78 is 0. The van der Waals surface area contributed by atoms with Crippen molar-refractivity contribution in [1.82, 2.24) is 4.90 Å². The number of nitrogens with zero attached hydrogens (tertiary/aromatic N) is 1. The minimum Gasteiger partial charge on any atom is -0.300 e. The molecular weight excluding hydrogens is 122 g/mol. The minimum atomic E-state index is 0.984. The number of rotatable bonds is 1. The van der Waals surface area contributed by atoms with E-state index in [9.17, 15) is 0 Å². The lowest BCUT2D eigenvalue weighted by Crippen LogP contribution is -2.42. The number of hydrogen-bond donors (Lipinski definition) is 0. The molecule has 2 aliphatic rings. The van der Waals surface area contributed by atoms with Gasteiger partial charge in [-0.05, 0) is 44.7 Å². The van der Waals surface area contributed by atoms with E-state index in [0.29, 0.717) is 0 Å². The Labute approximate surface area is 63.4 Å². The maximum absolute atomic E-state index is 2.68. The quantitative estimate of drug-likeness (QED) is 0.536. The molecule has 0 unspecified atom stereocenters. The van der Waals surface area contributed by atoms with Crippen molar-refractivity contribution in [2.45, 2.75) is 38.6 Å². The van der Waals surface area contributed by atoms with E-state index in [-0.39, 0.29) is 0 Å². The molecule has 1 nitrogen and oxygen atoms in total. The highest BCUT2D eigenvalue weighted by Crippen LogP contribution is 2.32. The Hall–Kier alpha value is -0.0400. The Morgan fingerprint density at radius 2 is 1.70 bits per heavy atom. The van der Waals surface area contributed by atoms with Crippen molar-refractivity contribution in [3.05, 3.63) is 0 Å². The summed E-state index contributed by atoms with van der Waals surface area (Å²) in [5.74, 6) is 1.02. The van der Waals surface area contributed by atoms with Crippen LogP contribution in [0.4, 0.5) is 0 Å². The van der Waals surface area contributed by atoms with Crippen molar-refractivity contribution in [1.29, 1.82) is 0 Å². The van der Waals surface area contributed by atoms with Crippen molar-refractivity contribution in [3.63, 3.8) is 0 Å². The monoisotopic (exact) mass is 139 g/mol. The zero-order valence-electron chi connectivity index (χ0n) is 6.84. The molecule has 0 amide bonds. The molecule has 0 N–H and O–H groups in total. The van der Waals surface area contributed by atoms with Gasteiger partial charge in [0.15, 0.2) is 0 Å². The predicted molar refractivity (Wildman–Crippen MR) is 43.0 cm³/mol. The number of likely N-dealkylation sites (tertiary alicyclic amines) is 1. The van der Waals surface area contributed by atoms with Gasteiger partial charge >= 0.3 is 0 Å². The predicted octanol–water partition coefficient (Wildman–Crippen LogP) is 1.88. The maximum atomic E-state index is 2.68. The van der Waals surface area contributed by atoms with Crippen LogP contribution in [0.25, 0.3) is 0 Å².